The SMILES string of the molecule is Cc1nnc2n1CCN([C@H](C(=O)NC1CC1)c1ccccc1)C2. The van der Waals surface area contributed by atoms with Crippen molar-refractivity contribution in [3.05, 3.63) is 47.5 Å². The van der Waals surface area contributed by atoms with E-state index in [-0.39, 0.29) is 11.9 Å². The van der Waals surface area contributed by atoms with Crippen molar-refractivity contribution in [1.82, 2.24) is 25.0 Å². The third-order valence-corrected chi connectivity index (χ3v) is 4.62. The molecular formula is C17H21N5O. The summed E-state index contributed by atoms with van der Waals surface area (Å²) in [5, 5.41) is 11.6. The van der Waals surface area contributed by atoms with Crippen molar-refractivity contribution in [2.45, 2.75) is 44.9 Å². The first-order valence-electron chi connectivity index (χ1n) is 8.20. The minimum atomic E-state index is -0.262. The van der Waals surface area contributed by atoms with Gasteiger partial charge in [0.1, 0.15) is 17.7 Å². The fraction of sp³-hybridized carbons (Fsp3) is 0.471. The van der Waals surface area contributed by atoms with E-state index in [1.165, 1.54) is 0 Å². The molecule has 120 valence electrons. The molecule has 0 bridgehead atoms. The third-order valence-electron chi connectivity index (χ3n) is 4.62. The molecule has 2 aromatic rings. The Balaban J connectivity index is 1.61. The van der Waals surface area contributed by atoms with Gasteiger partial charge in [0.15, 0.2) is 0 Å². The molecule has 1 N–H and O–H groups in total. The average molecular weight is 311 g/mol. The predicted octanol–water partition coefficient (Wildman–Crippen LogP) is 1.42. The van der Waals surface area contributed by atoms with Crippen LogP contribution in [0.15, 0.2) is 30.3 Å². The van der Waals surface area contributed by atoms with E-state index < -0.39 is 0 Å². The summed E-state index contributed by atoms with van der Waals surface area (Å²) in [5.74, 6) is 1.98. The molecular weight excluding hydrogens is 290 g/mol. The molecule has 1 aliphatic carbocycles. The number of aromatic nitrogens is 3. The van der Waals surface area contributed by atoms with Gasteiger partial charge in [-0.05, 0) is 25.3 Å². The zero-order valence-corrected chi connectivity index (χ0v) is 13.3. The first kappa shape index (κ1) is 14.4. The lowest BCUT2D eigenvalue weighted by Gasteiger charge is -2.34. The van der Waals surface area contributed by atoms with Crippen LogP contribution in [0.4, 0.5) is 0 Å². The zero-order valence-electron chi connectivity index (χ0n) is 13.3. The van der Waals surface area contributed by atoms with Crippen LogP contribution in [0.25, 0.3) is 0 Å². The monoisotopic (exact) mass is 311 g/mol. The summed E-state index contributed by atoms with van der Waals surface area (Å²) in [6.07, 6.45) is 2.20. The van der Waals surface area contributed by atoms with Crippen LogP contribution in [-0.4, -0.2) is 38.2 Å². The number of nitrogens with one attached hydrogen (secondary N) is 1. The van der Waals surface area contributed by atoms with Crippen LogP contribution in [-0.2, 0) is 17.9 Å². The molecule has 6 heteroatoms. The fourth-order valence-corrected chi connectivity index (χ4v) is 3.21. The highest BCUT2D eigenvalue weighted by Crippen LogP contribution is 2.27. The third kappa shape index (κ3) is 2.86. The molecule has 1 aromatic heterocycles. The molecule has 0 radical (unpaired) electrons. The summed E-state index contributed by atoms with van der Waals surface area (Å²) >= 11 is 0. The van der Waals surface area contributed by atoms with Crippen molar-refractivity contribution in [3.8, 4) is 0 Å². The summed E-state index contributed by atoms with van der Waals surface area (Å²) in [4.78, 5) is 15.0. The van der Waals surface area contributed by atoms with Gasteiger partial charge in [-0.3, -0.25) is 9.69 Å². The number of nitrogens with zero attached hydrogens (tertiary/aromatic N) is 4. The number of carbonyl (C=O) groups is 1. The lowest BCUT2D eigenvalue weighted by molar-refractivity contribution is -0.127. The van der Waals surface area contributed by atoms with Crippen LogP contribution in [0.3, 0.4) is 0 Å². The number of carbonyl (C=O) groups excluding carboxylic acids is 1. The van der Waals surface area contributed by atoms with Crippen molar-refractivity contribution in [2.24, 2.45) is 0 Å². The van der Waals surface area contributed by atoms with Crippen LogP contribution >= 0.6 is 0 Å². The van der Waals surface area contributed by atoms with E-state index in [1.807, 2.05) is 37.3 Å². The first-order chi connectivity index (χ1) is 11.2. The Labute approximate surface area is 135 Å². The molecule has 0 spiro atoms. The standard InChI is InChI=1S/C17H21N5O/c1-12-19-20-15-11-21(9-10-22(12)15)16(13-5-3-2-4-6-13)17(23)18-14-7-8-14/h2-6,14,16H,7-11H2,1H3,(H,18,23)/t16-/m0/s1. The molecule has 4 rings (SSSR count). The Morgan fingerprint density at radius 1 is 1.22 bits per heavy atom. The maximum atomic E-state index is 12.8. The zero-order chi connectivity index (χ0) is 15.8. The molecule has 1 saturated carbocycles. The normalized spacial score (nSPS) is 19.2. The van der Waals surface area contributed by atoms with E-state index in [1.54, 1.807) is 0 Å². The second-order valence-corrected chi connectivity index (χ2v) is 6.38. The molecule has 23 heavy (non-hydrogen) atoms. The van der Waals surface area contributed by atoms with Crippen molar-refractivity contribution in [2.75, 3.05) is 6.54 Å². The van der Waals surface area contributed by atoms with Crippen molar-refractivity contribution in [1.29, 1.82) is 0 Å². The van der Waals surface area contributed by atoms with Gasteiger partial charge in [0, 0.05) is 19.1 Å². The first-order valence-corrected chi connectivity index (χ1v) is 8.20. The Kier molecular flexibility index (Phi) is 3.61. The van der Waals surface area contributed by atoms with Gasteiger partial charge in [-0.25, -0.2) is 0 Å². The minimum Gasteiger partial charge on any atom is -0.352 e. The van der Waals surface area contributed by atoms with Gasteiger partial charge in [0.25, 0.3) is 0 Å². The smallest absolute Gasteiger partial charge is 0.242 e. The van der Waals surface area contributed by atoms with Gasteiger partial charge in [-0.15, -0.1) is 10.2 Å². The molecule has 1 amide bonds. The minimum absolute atomic E-state index is 0.100. The summed E-state index contributed by atoms with van der Waals surface area (Å²) in [5.41, 5.74) is 1.04. The van der Waals surface area contributed by atoms with Gasteiger partial charge in [-0.1, -0.05) is 30.3 Å². The molecule has 2 aliphatic rings. The Morgan fingerprint density at radius 2 is 2.00 bits per heavy atom. The summed E-state index contributed by atoms with van der Waals surface area (Å²) in [6.45, 7) is 4.27. The molecule has 6 nitrogen and oxygen atoms in total. The maximum Gasteiger partial charge on any atom is 0.242 e. The van der Waals surface area contributed by atoms with Gasteiger partial charge in [0.05, 0.1) is 6.54 Å². The number of aryl methyl sites for hydroxylation is 1. The number of benzene rings is 1. The molecule has 2 heterocycles. The van der Waals surface area contributed by atoms with Crippen LogP contribution in [0.5, 0.6) is 0 Å². The Hall–Kier alpha value is -2.21. The van der Waals surface area contributed by atoms with Crippen LogP contribution in [0, 0.1) is 6.92 Å². The molecule has 1 atom stereocenters. The average Bonchev–Trinajstić information content (AvgIpc) is 3.30. The lowest BCUT2D eigenvalue weighted by Crippen LogP contribution is -2.44. The highest BCUT2D eigenvalue weighted by molar-refractivity contribution is 5.83. The molecule has 1 fully saturated rings. The second kappa shape index (κ2) is 5.77. The van der Waals surface area contributed by atoms with Crippen LogP contribution < -0.4 is 5.32 Å². The number of hydrogen-bond acceptors (Lipinski definition) is 4. The Bertz CT molecular complexity index is 707. The largest absolute Gasteiger partial charge is 0.352 e. The quantitative estimate of drug-likeness (QED) is 0.927. The van der Waals surface area contributed by atoms with Crippen LogP contribution in [0.1, 0.15) is 36.1 Å². The maximum absolute atomic E-state index is 12.8. The van der Waals surface area contributed by atoms with E-state index in [9.17, 15) is 4.79 Å². The number of hydrogen-bond donors (Lipinski definition) is 1. The van der Waals surface area contributed by atoms with E-state index in [0.717, 1.165) is 43.1 Å². The van der Waals surface area contributed by atoms with Crippen LogP contribution in [0.2, 0.25) is 0 Å². The Morgan fingerprint density at radius 3 is 2.74 bits per heavy atom. The van der Waals surface area contributed by atoms with E-state index in [4.69, 9.17) is 0 Å². The van der Waals surface area contributed by atoms with E-state index in [2.05, 4.69) is 25.0 Å². The van der Waals surface area contributed by atoms with Crippen molar-refractivity contribution < 1.29 is 4.79 Å². The van der Waals surface area contributed by atoms with Gasteiger partial charge in [0.2, 0.25) is 5.91 Å². The molecule has 1 aliphatic heterocycles. The summed E-state index contributed by atoms with van der Waals surface area (Å²) in [6, 6.07) is 10.1. The van der Waals surface area contributed by atoms with Crippen molar-refractivity contribution >= 4 is 5.91 Å². The topological polar surface area (TPSA) is 63.1 Å². The molecule has 0 saturated heterocycles. The summed E-state index contributed by atoms with van der Waals surface area (Å²) < 4.78 is 2.14. The lowest BCUT2D eigenvalue weighted by atomic mass is 10.0. The van der Waals surface area contributed by atoms with Gasteiger partial charge in [-0.2, -0.15) is 0 Å². The number of fused-ring (bicyclic) bond motifs is 1. The fourth-order valence-electron chi connectivity index (χ4n) is 3.21. The second-order valence-electron chi connectivity index (χ2n) is 6.38. The summed E-state index contributed by atoms with van der Waals surface area (Å²) in [7, 11) is 0. The van der Waals surface area contributed by atoms with Gasteiger partial charge >= 0.3 is 0 Å². The highest BCUT2D eigenvalue weighted by Gasteiger charge is 2.34. The molecule has 0 unspecified atom stereocenters. The number of amides is 1. The van der Waals surface area contributed by atoms with Gasteiger partial charge < -0.3 is 9.88 Å². The van der Waals surface area contributed by atoms with E-state index in [0.29, 0.717) is 12.6 Å². The predicted molar refractivity (Wildman–Crippen MR) is 85.5 cm³/mol. The van der Waals surface area contributed by atoms with E-state index >= 15 is 0 Å². The highest BCUT2D eigenvalue weighted by atomic mass is 16.2. The van der Waals surface area contributed by atoms with Crippen molar-refractivity contribution in [3.63, 3.8) is 0 Å². The molecule has 1 aromatic carbocycles. The number of rotatable bonds is 4.